The fourth-order valence-corrected chi connectivity index (χ4v) is 4.39. The Morgan fingerprint density at radius 3 is 2.67 bits per heavy atom. The summed E-state index contributed by atoms with van der Waals surface area (Å²) in [6, 6.07) is 7.87. The highest BCUT2D eigenvalue weighted by molar-refractivity contribution is 8.13. The van der Waals surface area contributed by atoms with Gasteiger partial charge in [0.2, 0.25) is 9.05 Å². The Bertz CT molecular complexity index is 565. The maximum Gasteiger partial charge on any atom is 0.233 e. The summed E-state index contributed by atoms with van der Waals surface area (Å²) in [4.78, 5) is 0. The maximum absolute atomic E-state index is 11.5. The average Bonchev–Trinajstić information content (AvgIpc) is 2.45. The van der Waals surface area contributed by atoms with Crippen molar-refractivity contribution < 1.29 is 17.9 Å². The van der Waals surface area contributed by atoms with E-state index in [1.54, 1.807) is 0 Å². The van der Waals surface area contributed by atoms with E-state index in [1.807, 2.05) is 24.3 Å². The Balaban J connectivity index is 2.08. The molecule has 4 nitrogen and oxygen atoms in total. The fraction of sp³-hybridized carbons (Fsp3) is 0.600. The molecule has 1 heterocycles. The number of aryl methyl sites for hydroxylation is 1. The minimum Gasteiger partial charge on any atom is -0.493 e. The van der Waals surface area contributed by atoms with Crippen LogP contribution in [-0.4, -0.2) is 34.0 Å². The summed E-state index contributed by atoms with van der Waals surface area (Å²) in [5.41, 5.74) is 0.736. The highest BCUT2D eigenvalue weighted by atomic mass is 35.7. The summed E-state index contributed by atoms with van der Waals surface area (Å²) >= 11 is 0. The standard InChI is InChI=1S/C15H21ClO4S/c1-2-13-4-3-5-14(10-13)20-11-15(12-21(16,17)18)6-8-19-9-7-15/h3-5,10H,2,6-9,11-12H2,1H3. The van der Waals surface area contributed by atoms with Crippen LogP contribution in [-0.2, 0) is 20.2 Å². The molecule has 0 bridgehead atoms. The highest BCUT2D eigenvalue weighted by Gasteiger charge is 2.37. The zero-order valence-electron chi connectivity index (χ0n) is 12.2. The maximum atomic E-state index is 11.5. The number of rotatable bonds is 6. The van der Waals surface area contributed by atoms with E-state index in [0.29, 0.717) is 32.7 Å². The quantitative estimate of drug-likeness (QED) is 0.751. The monoisotopic (exact) mass is 332 g/mol. The summed E-state index contributed by atoms with van der Waals surface area (Å²) in [7, 11) is 1.90. The van der Waals surface area contributed by atoms with Crippen LogP contribution in [0.2, 0.25) is 0 Å². The van der Waals surface area contributed by atoms with E-state index >= 15 is 0 Å². The van der Waals surface area contributed by atoms with Crippen LogP contribution in [0.3, 0.4) is 0 Å². The molecular weight excluding hydrogens is 312 g/mol. The van der Waals surface area contributed by atoms with E-state index in [0.717, 1.165) is 12.2 Å². The summed E-state index contributed by atoms with van der Waals surface area (Å²) in [6.45, 7) is 3.52. The van der Waals surface area contributed by atoms with Crippen molar-refractivity contribution in [1.82, 2.24) is 0 Å². The van der Waals surface area contributed by atoms with Crippen molar-refractivity contribution in [3.8, 4) is 5.75 Å². The third kappa shape index (κ3) is 5.16. The molecule has 118 valence electrons. The third-order valence-corrected chi connectivity index (χ3v) is 5.17. The predicted octanol–water partition coefficient (Wildman–Crippen LogP) is 2.99. The molecule has 0 atom stereocenters. The number of hydrogen-bond donors (Lipinski definition) is 0. The Hall–Kier alpha value is -0.780. The van der Waals surface area contributed by atoms with Gasteiger partial charge in [-0.3, -0.25) is 0 Å². The lowest BCUT2D eigenvalue weighted by Gasteiger charge is -2.35. The molecule has 0 unspecified atom stereocenters. The first-order chi connectivity index (χ1) is 9.92. The van der Waals surface area contributed by atoms with Gasteiger partial charge in [-0.15, -0.1) is 0 Å². The molecule has 1 aromatic rings. The van der Waals surface area contributed by atoms with Crippen molar-refractivity contribution in [2.45, 2.75) is 26.2 Å². The molecule has 1 saturated heterocycles. The number of halogens is 1. The molecule has 21 heavy (non-hydrogen) atoms. The van der Waals surface area contributed by atoms with E-state index in [2.05, 4.69) is 6.92 Å². The lowest BCUT2D eigenvalue weighted by atomic mass is 9.83. The van der Waals surface area contributed by atoms with Crippen molar-refractivity contribution in [3.05, 3.63) is 29.8 Å². The van der Waals surface area contributed by atoms with Gasteiger partial charge < -0.3 is 9.47 Å². The Labute approximate surface area is 130 Å². The molecule has 1 aromatic carbocycles. The Kier molecular flexibility index (Phi) is 5.52. The molecule has 1 aliphatic heterocycles. The van der Waals surface area contributed by atoms with Gasteiger partial charge in [-0.1, -0.05) is 19.1 Å². The molecule has 0 radical (unpaired) electrons. The number of hydrogen-bond acceptors (Lipinski definition) is 4. The van der Waals surface area contributed by atoms with E-state index < -0.39 is 14.5 Å². The number of ether oxygens (including phenoxy) is 2. The van der Waals surface area contributed by atoms with Crippen molar-refractivity contribution in [1.29, 1.82) is 0 Å². The molecule has 0 N–H and O–H groups in total. The fourth-order valence-electron chi connectivity index (χ4n) is 2.59. The van der Waals surface area contributed by atoms with Crippen LogP contribution in [0.5, 0.6) is 5.75 Å². The molecule has 6 heteroatoms. The summed E-state index contributed by atoms with van der Waals surface area (Å²) in [5.74, 6) is 0.699. The smallest absolute Gasteiger partial charge is 0.233 e. The molecule has 1 aliphatic rings. The van der Waals surface area contributed by atoms with Crippen molar-refractivity contribution in [2.24, 2.45) is 5.41 Å². The van der Waals surface area contributed by atoms with Gasteiger partial charge >= 0.3 is 0 Å². The second kappa shape index (κ2) is 6.99. The molecule has 0 spiro atoms. The van der Waals surface area contributed by atoms with E-state index in [1.165, 1.54) is 5.56 Å². The van der Waals surface area contributed by atoms with Crippen molar-refractivity contribution in [2.75, 3.05) is 25.6 Å². The van der Waals surface area contributed by atoms with Crippen LogP contribution >= 0.6 is 10.7 Å². The first kappa shape index (κ1) is 16.6. The van der Waals surface area contributed by atoms with Crippen LogP contribution in [0.15, 0.2) is 24.3 Å². The SMILES string of the molecule is CCc1cccc(OCC2(CS(=O)(=O)Cl)CCOCC2)c1. The first-order valence-corrected chi connectivity index (χ1v) is 9.62. The molecule has 1 fully saturated rings. The van der Waals surface area contributed by atoms with Gasteiger partial charge in [-0.05, 0) is 37.0 Å². The van der Waals surface area contributed by atoms with Crippen LogP contribution in [0.4, 0.5) is 0 Å². The van der Waals surface area contributed by atoms with Gasteiger partial charge in [-0.25, -0.2) is 8.42 Å². The first-order valence-electron chi connectivity index (χ1n) is 7.14. The van der Waals surface area contributed by atoms with Crippen LogP contribution in [0.25, 0.3) is 0 Å². The molecule has 0 saturated carbocycles. The van der Waals surface area contributed by atoms with Crippen LogP contribution in [0.1, 0.15) is 25.3 Å². The van der Waals surface area contributed by atoms with E-state index in [9.17, 15) is 8.42 Å². The van der Waals surface area contributed by atoms with Gasteiger partial charge in [0.05, 0.1) is 12.4 Å². The van der Waals surface area contributed by atoms with Crippen LogP contribution in [0, 0.1) is 5.41 Å². The minimum absolute atomic E-state index is 0.0710. The second-order valence-corrected chi connectivity index (χ2v) is 8.36. The largest absolute Gasteiger partial charge is 0.493 e. The lowest BCUT2D eigenvalue weighted by Crippen LogP contribution is -2.40. The van der Waals surface area contributed by atoms with Crippen molar-refractivity contribution in [3.63, 3.8) is 0 Å². The highest BCUT2D eigenvalue weighted by Crippen LogP contribution is 2.34. The van der Waals surface area contributed by atoms with Gasteiger partial charge in [0.25, 0.3) is 0 Å². The average molecular weight is 333 g/mol. The second-order valence-electron chi connectivity index (χ2n) is 5.59. The molecular formula is C15H21ClO4S. The summed E-state index contributed by atoms with van der Waals surface area (Å²) < 4.78 is 34.2. The van der Waals surface area contributed by atoms with Crippen LogP contribution < -0.4 is 4.74 Å². The molecule has 0 aromatic heterocycles. The summed E-state index contributed by atoms with van der Waals surface area (Å²) in [6.07, 6.45) is 2.23. The van der Waals surface area contributed by atoms with Gasteiger partial charge in [0.1, 0.15) is 5.75 Å². The van der Waals surface area contributed by atoms with Gasteiger partial charge in [0, 0.05) is 29.3 Å². The molecule has 2 rings (SSSR count). The Morgan fingerprint density at radius 1 is 1.33 bits per heavy atom. The zero-order chi connectivity index (χ0) is 15.3. The Morgan fingerprint density at radius 2 is 2.05 bits per heavy atom. The topological polar surface area (TPSA) is 52.6 Å². The third-order valence-electron chi connectivity index (χ3n) is 3.88. The molecule has 0 aliphatic carbocycles. The lowest BCUT2D eigenvalue weighted by molar-refractivity contribution is 0.00227. The summed E-state index contributed by atoms with van der Waals surface area (Å²) in [5, 5.41) is 0. The minimum atomic E-state index is -3.56. The normalized spacial score (nSPS) is 18.4. The number of benzene rings is 1. The van der Waals surface area contributed by atoms with Crippen molar-refractivity contribution >= 4 is 19.7 Å². The van der Waals surface area contributed by atoms with E-state index in [4.69, 9.17) is 20.2 Å². The van der Waals surface area contributed by atoms with Gasteiger partial charge in [-0.2, -0.15) is 0 Å². The van der Waals surface area contributed by atoms with E-state index in [-0.39, 0.29) is 5.75 Å². The molecule has 0 amide bonds. The predicted molar refractivity (Wildman–Crippen MR) is 83.4 cm³/mol. The zero-order valence-corrected chi connectivity index (χ0v) is 13.8. The van der Waals surface area contributed by atoms with Gasteiger partial charge in [0.15, 0.2) is 0 Å².